The molecule has 0 bridgehead atoms. The fourth-order valence-corrected chi connectivity index (χ4v) is 0.620. The summed E-state index contributed by atoms with van der Waals surface area (Å²) in [5.41, 5.74) is 0. The third-order valence-corrected chi connectivity index (χ3v) is 1.24. The first-order valence-electron chi connectivity index (χ1n) is 3.57. The number of hydrogen-bond acceptors (Lipinski definition) is 0. The molecule has 0 radical (unpaired) electrons. The highest BCUT2D eigenvalue weighted by molar-refractivity contribution is 9.10. The molecule has 0 aliphatic heterocycles. The van der Waals surface area contributed by atoms with Crippen LogP contribution in [0.2, 0.25) is 0 Å². The van der Waals surface area contributed by atoms with Crippen LogP contribution < -0.4 is 0 Å². The van der Waals surface area contributed by atoms with Gasteiger partial charge in [0.05, 0.1) is 8.58 Å². The number of rotatable bonds is 0. The van der Waals surface area contributed by atoms with Crippen LogP contribution in [0.1, 0.15) is 4.11 Å². The lowest BCUT2D eigenvalue weighted by Gasteiger charge is -1.90. The van der Waals surface area contributed by atoms with E-state index in [1.807, 2.05) is 0 Å². The summed E-state index contributed by atoms with van der Waals surface area (Å²) in [6.45, 7) is 0. The highest BCUT2D eigenvalue weighted by atomic mass is 79.9. The minimum atomic E-state index is -1.19. The molecule has 1 aromatic rings. The van der Waals surface area contributed by atoms with E-state index >= 15 is 0 Å². The molecule has 0 aliphatic carbocycles. The molecule has 1 aromatic carbocycles. The minimum Gasteiger partial charge on any atom is -0.207 e. The molecule has 0 fully saturated rings. The van der Waals surface area contributed by atoms with Crippen LogP contribution in [-0.2, 0) is 0 Å². The zero-order valence-corrected chi connectivity index (χ0v) is 5.72. The lowest BCUT2D eigenvalue weighted by Crippen LogP contribution is -1.77. The summed E-state index contributed by atoms with van der Waals surface area (Å²) in [5, 5.41) is 0. The second kappa shape index (κ2) is 2.43. The van der Waals surface area contributed by atoms with E-state index in [0.29, 0.717) is 0 Å². The fourth-order valence-electron chi connectivity index (χ4n) is 0.347. The van der Waals surface area contributed by atoms with Gasteiger partial charge in [-0.1, -0.05) is 0 Å². The maximum Gasteiger partial charge on any atom is 0.137 e. The zero-order chi connectivity index (χ0) is 9.46. The van der Waals surface area contributed by atoms with Crippen LogP contribution in [0.25, 0.3) is 0 Å². The number of hydrogen-bond donors (Lipinski definition) is 0. The second-order valence-corrected chi connectivity index (χ2v) is 2.11. The van der Waals surface area contributed by atoms with Crippen LogP contribution in [-0.4, -0.2) is 0 Å². The SMILES string of the molecule is [2H]c1c([2H])c(F)c(Br)c([2H])c1F. The standard InChI is InChI=1S/C6H3BrF2/c7-5-3-4(8)1-2-6(5)9/h1-3H/i1D,2D,3D. The van der Waals surface area contributed by atoms with Crippen LogP contribution in [0.15, 0.2) is 22.6 Å². The quantitative estimate of drug-likeness (QED) is 0.559. The Hall–Kier alpha value is -0.440. The minimum absolute atomic E-state index is 0.416. The Kier molecular flexibility index (Phi) is 0.990. The molecular formula is C6H3BrF2. The third kappa shape index (κ3) is 1.48. The Bertz CT molecular complexity index is 235. The monoisotopic (exact) mass is 195 g/mol. The van der Waals surface area contributed by atoms with Crippen molar-refractivity contribution in [3.8, 4) is 0 Å². The van der Waals surface area contributed by atoms with Gasteiger partial charge in [0.25, 0.3) is 0 Å². The van der Waals surface area contributed by atoms with Gasteiger partial charge in [-0.3, -0.25) is 0 Å². The molecule has 0 spiro atoms. The largest absolute Gasteiger partial charge is 0.207 e. The van der Waals surface area contributed by atoms with Crippen molar-refractivity contribution >= 4 is 15.9 Å². The van der Waals surface area contributed by atoms with Crippen molar-refractivity contribution in [1.82, 2.24) is 0 Å². The Balaban J connectivity index is 3.60. The summed E-state index contributed by atoms with van der Waals surface area (Å²) in [5.74, 6) is -2.26. The molecule has 0 heterocycles. The molecule has 0 saturated heterocycles. The molecule has 0 atom stereocenters. The Labute approximate surface area is 63.8 Å². The van der Waals surface area contributed by atoms with Crippen LogP contribution in [0.5, 0.6) is 0 Å². The summed E-state index contributed by atoms with van der Waals surface area (Å²) in [6, 6.07) is -2.45. The molecule has 0 unspecified atom stereocenters. The second-order valence-electron chi connectivity index (χ2n) is 1.32. The van der Waals surface area contributed by atoms with E-state index in [1.54, 1.807) is 0 Å². The predicted octanol–water partition coefficient (Wildman–Crippen LogP) is 2.73. The van der Waals surface area contributed by atoms with E-state index in [9.17, 15) is 8.78 Å². The van der Waals surface area contributed by atoms with E-state index in [2.05, 4.69) is 15.9 Å². The summed E-state index contributed by atoms with van der Waals surface area (Å²) in [6.07, 6.45) is 0. The fraction of sp³-hybridized carbons (Fsp3) is 0. The van der Waals surface area contributed by atoms with Crippen molar-refractivity contribution in [1.29, 1.82) is 0 Å². The first-order valence-corrected chi connectivity index (χ1v) is 2.86. The summed E-state index contributed by atoms with van der Waals surface area (Å²) in [4.78, 5) is 0. The number of benzene rings is 1. The van der Waals surface area contributed by atoms with Crippen LogP contribution in [0, 0.1) is 11.6 Å². The van der Waals surface area contributed by atoms with Crippen molar-refractivity contribution in [3.05, 3.63) is 34.2 Å². The van der Waals surface area contributed by atoms with Crippen molar-refractivity contribution in [3.63, 3.8) is 0 Å². The molecule has 0 nitrogen and oxygen atoms in total. The summed E-state index contributed by atoms with van der Waals surface area (Å²) >= 11 is 2.61. The van der Waals surface area contributed by atoms with E-state index in [-0.39, 0.29) is 0 Å². The van der Waals surface area contributed by atoms with E-state index in [4.69, 9.17) is 4.11 Å². The third-order valence-electron chi connectivity index (χ3n) is 0.694. The van der Waals surface area contributed by atoms with E-state index < -0.39 is 34.2 Å². The van der Waals surface area contributed by atoms with E-state index in [1.165, 1.54) is 0 Å². The van der Waals surface area contributed by atoms with Gasteiger partial charge in [0.1, 0.15) is 11.6 Å². The first kappa shape index (κ1) is 3.66. The summed E-state index contributed by atoms with van der Waals surface area (Å²) in [7, 11) is 0. The molecule has 0 amide bonds. The average molecular weight is 196 g/mol. The van der Waals surface area contributed by atoms with Crippen LogP contribution in [0.3, 0.4) is 0 Å². The molecule has 0 N–H and O–H groups in total. The predicted molar refractivity (Wildman–Crippen MR) is 34.1 cm³/mol. The van der Waals surface area contributed by atoms with Gasteiger partial charge < -0.3 is 0 Å². The van der Waals surface area contributed by atoms with Gasteiger partial charge >= 0.3 is 0 Å². The van der Waals surface area contributed by atoms with Crippen molar-refractivity contribution in [2.24, 2.45) is 0 Å². The molecule has 48 valence electrons. The highest BCUT2D eigenvalue weighted by Crippen LogP contribution is 2.15. The number of halogens is 3. The van der Waals surface area contributed by atoms with Gasteiger partial charge in [0.15, 0.2) is 0 Å². The van der Waals surface area contributed by atoms with Crippen LogP contribution in [0.4, 0.5) is 8.78 Å². The van der Waals surface area contributed by atoms with Gasteiger partial charge in [-0.2, -0.15) is 0 Å². The maximum absolute atomic E-state index is 12.8. The lowest BCUT2D eigenvalue weighted by molar-refractivity contribution is 0.594. The zero-order valence-electron chi connectivity index (χ0n) is 7.13. The summed E-state index contributed by atoms with van der Waals surface area (Å²) < 4.78 is 45.9. The van der Waals surface area contributed by atoms with Crippen molar-refractivity contribution in [2.45, 2.75) is 0 Å². The molecule has 1 rings (SSSR count). The maximum atomic E-state index is 12.8. The van der Waals surface area contributed by atoms with Crippen molar-refractivity contribution < 1.29 is 12.9 Å². The van der Waals surface area contributed by atoms with Gasteiger partial charge in [-0.05, 0) is 34.1 Å². The molecule has 0 saturated carbocycles. The van der Waals surface area contributed by atoms with Gasteiger partial charge in [-0.25, -0.2) is 8.78 Å². The first-order chi connectivity index (χ1) is 5.46. The molecule has 0 aromatic heterocycles. The van der Waals surface area contributed by atoms with Crippen molar-refractivity contribution in [2.75, 3.05) is 0 Å². The Morgan fingerprint density at radius 3 is 2.78 bits per heavy atom. The average Bonchev–Trinajstić information content (AvgIpc) is 2.08. The van der Waals surface area contributed by atoms with Crippen LogP contribution >= 0.6 is 15.9 Å². The molecule has 3 heteroatoms. The van der Waals surface area contributed by atoms with E-state index in [0.717, 1.165) is 0 Å². The highest BCUT2D eigenvalue weighted by Gasteiger charge is 1.97. The molecule has 0 aliphatic rings. The molecule has 9 heavy (non-hydrogen) atoms. The Morgan fingerprint density at radius 2 is 2.11 bits per heavy atom. The van der Waals surface area contributed by atoms with Gasteiger partial charge in [0.2, 0.25) is 0 Å². The smallest absolute Gasteiger partial charge is 0.137 e. The lowest BCUT2D eigenvalue weighted by atomic mass is 10.3. The molecular weight excluding hydrogens is 190 g/mol. The topological polar surface area (TPSA) is 0 Å². The van der Waals surface area contributed by atoms with Gasteiger partial charge in [-0.15, -0.1) is 0 Å². The normalized spacial score (nSPS) is 14.3. The Morgan fingerprint density at radius 1 is 1.44 bits per heavy atom. The van der Waals surface area contributed by atoms with Gasteiger partial charge in [0, 0.05) is 0 Å².